The fraction of sp³-hybridized carbons (Fsp3) is 0.556. The Hall–Kier alpha value is 0.0500. The van der Waals surface area contributed by atoms with Crippen molar-refractivity contribution in [3.63, 3.8) is 0 Å². The fourth-order valence-electron chi connectivity index (χ4n) is 1.02. The largest absolute Gasteiger partial charge is 0.287 e. The van der Waals surface area contributed by atoms with Crippen LogP contribution in [0.1, 0.15) is 18.7 Å². The SMILES string of the molecule is Cc1sc(Br)cc1S(=O)(=O)NOCC(C)C. The molecular formula is C9H14BrNO3S2. The summed E-state index contributed by atoms with van der Waals surface area (Å²) in [5.41, 5.74) is 0. The summed E-state index contributed by atoms with van der Waals surface area (Å²) in [7, 11) is -3.56. The molecule has 4 nitrogen and oxygen atoms in total. The monoisotopic (exact) mass is 327 g/mol. The molecule has 1 heterocycles. The highest BCUT2D eigenvalue weighted by atomic mass is 79.9. The van der Waals surface area contributed by atoms with Gasteiger partial charge in [0.1, 0.15) is 0 Å². The molecule has 0 amide bonds. The van der Waals surface area contributed by atoms with Gasteiger partial charge in [-0.3, -0.25) is 4.84 Å². The molecule has 0 aromatic carbocycles. The lowest BCUT2D eigenvalue weighted by atomic mass is 10.2. The Kier molecular flexibility index (Phi) is 4.93. The van der Waals surface area contributed by atoms with Crippen molar-refractivity contribution in [2.45, 2.75) is 25.7 Å². The standard InChI is InChI=1S/C9H14BrNO3S2/c1-6(2)5-14-11-16(12,13)8-4-9(10)15-7(8)3/h4,6,11H,5H2,1-3H3. The third-order valence-corrected chi connectivity index (χ3v) is 4.74. The van der Waals surface area contributed by atoms with Gasteiger partial charge >= 0.3 is 0 Å². The maximum atomic E-state index is 11.8. The van der Waals surface area contributed by atoms with E-state index in [2.05, 4.69) is 20.8 Å². The topological polar surface area (TPSA) is 55.4 Å². The first-order chi connectivity index (χ1) is 7.33. The molecule has 0 aliphatic carbocycles. The van der Waals surface area contributed by atoms with Crippen LogP contribution in [0.5, 0.6) is 0 Å². The molecule has 1 aromatic rings. The molecule has 0 saturated carbocycles. The first kappa shape index (κ1) is 14.1. The number of aryl methyl sites for hydroxylation is 1. The summed E-state index contributed by atoms with van der Waals surface area (Å²) in [4.78, 5) is 8.04. The number of halogens is 1. The smallest absolute Gasteiger partial charge is 0.263 e. The molecule has 92 valence electrons. The van der Waals surface area contributed by atoms with E-state index in [0.29, 0.717) is 6.61 Å². The average Bonchev–Trinajstić information content (AvgIpc) is 2.44. The zero-order valence-electron chi connectivity index (χ0n) is 9.28. The number of thiophene rings is 1. The molecule has 1 aromatic heterocycles. The highest BCUT2D eigenvalue weighted by molar-refractivity contribution is 9.11. The van der Waals surface area contributed by atoms with Gasteiger partial charge in [0.25, 0.3) is 10.0 Å². The van der Waals surface area contributed by atoms with Crippen LogP contribution in [-0.2, 0) is 14.9 Å². The van der Waals surface area contributed by atoms with Gasteiger partial charge in [0.15, 0.2) is 0 Å². The van der Waals surface area contributed by atoms with Crippen molar-refractivity contribution in [2.24, 2.45) is 5.92 Å². The van der Waals surface area contributed by atoms with Gasteiger partial charge in [-0.05, 0) is 34.8 Å². The van der Waals surface area contributed by atoms with Crippen molar-refractivity contribution >= 4 is 37.3 Å². The van der Waals surface area contributed by atoms with Gasteiger partial charge in [0.2, 0.25) is 0 Å². The number of nitrogens with one attached hydrogen (secondary N) is 1. The number of hydrogen-bond donors (Lipinski definition) is 1. The van der Waals surface area contributed by atoms with Crippen LogP contribution in [0.2, 0.25) is 0 Å². The van der Waals surface area contributed by atoms with Gasteiger partial charge in [-0.25, -0.2) is 8.42 Å². The Morgan fingerprint density at radius 3 is 2.62 bits per heavy atom. The highest BCUT2D eigenvalue weighted by Crippen LogP contribution is 2.29. The number of sulfonamides is 1. The quantitative estimate of drug-likeness (QED) is 0.846. The second-order valence-corrected chi connectivity index (χ2v) is 8.01. The lowest BCUT2D eigenvalue weighted by Gasteiger charge is -2.08. The van der Waals surface area contributed by atoms with Crippen molar-refractivity contribution in [1.82, 2.24) is 4.89 Å². The minimum atomic E-state index is -3.56. The lowest BCUT2D eigenvalue weighted by molar-refractivity contribution is 0.0718. The van der Waals surface area contributed by atoms with Crippen molar-refractivity contribution in [2.75, 3.05) is 6.61 Å². The van der Waals surface area contributed by atoms with Crippen LogP contribution in [-0.4, -0.2) is 15.0 Å². The summed E-state index contributed by atoms with van der Waals surface area (Å²) in [5, 5.41) is 0. The predicted octanol–water partition coefficient (Wildman–Crippen LogP) is 2.68. The molecule has 0 bridgehead atoms. The molecule has 1 rings (SSSR count). The Labute approximate surface area is 108 Å². The predicted molar refractivity (Wildman–Crippen MR) is 67.9 cm³/mol. The van der Waals surface area contributed by atoms with Gasteiger partial charge in [0, 0.05) is 4.88 Å². The second-order valence-electron chi connectivity index (χ2n) is 3.76. The Balaban J connectivity index is 2.75. The van der Waals surface area contributed by atoms with Crippen LogP contribution in [0.25, 0.3) is 0 Å². The van der Waals surface area contributed by atoms with E-state index in [0.717, 1.165) is 8.66 Å². The van der Waals surface area contributed by atoms with Gasteiger partial charge in [-0.15, -0.1) is 11.3 Å². The summed E-state index contributed by atoms with van der Waals surface area (Å²) in [5.74, 6) is 0.276. The summed E-state index contributed by atoms with van der Waals surface area (Å²) in [6, 6.07) is 1.57. The van der Waals surface area contributed by atoms with Gasteiger partial charge in [-0.2, -0.15) is 0 Å². The number of hydrogen-bond acceptors (Lipinski definition) is 4. The van der Waals surface area contributed by atoms with E-state index in [1.807, 2.05) is 13.8 Å². The minimum absolute atomic E-state index is 0.258. The maximum Gasteiger partial charge on any atom is 0.263 e. The maximum absolute atomic E-state index is 11.8. The third kappa shape index (κ3) is 3.81. The summed E-state index contributed by atoms with van der Waals surface area (Å²) in [6.07, 6.45) is 0. The molecule has 0 saturated heterocycles. The van der Waals surface area contributed by atoms with E-state index < -0.39 is 10.0 Å². The van der Waals surface area contributed by atoms with Crippen LogP contribution in [0.15, 0.2) is 14.7 Å². The van der Waals surface area contributed by atoms with Crippen molar-refractivity contribution in [1.29, 1.82) is 0 Å². The Morgan fingerprint density at radius 2 is 2.19 bits per heavy atom. The average molecular weight is 328 g/mol. The van der Waals surface area contributed by atoms with Crippen LogP contribution in [0, 0.1) is 12.8 Å². The van der Waals surface area contributed by atoms with E-state index in [1.54, 1.807) is 13.0 Å². The minimum Gasteiger partial charge on any atom is -0.287 e. The molecule has 7 heteroatoms. The molecule has 0 unspecified atom stereocenters. The molecule has 0 aliphatic heterocycles. The summed E-state index contributed by atoms with van der Waals surface area (Å²) in [6.45, 7) is 6.00. The molecule has 0 fully saturated rings. The summed E-state index contributed by atoms with van der Waals surface area (Å²) < 4.78 is 24.4. The number of rotatable bonds is 5. The zero-order valence-corrected chi connectivity index (χ0v) is 12.5. The third-order valence-electron chi connectivity index (χ3n) is 1.72. The van der Waals surface area contributed by atoms with E-state index in [9.17, 15) is 8.42 Å². The van der Waals surface area contributed by atoms with Crippen LogP contribution in [0.4, 0.5) is 0 Å². The van der Waals surface area contributed by atoms with Gasteiger partial charge in [-0.1, -0.05) is 18.7 Å². The zero-order chi connectivity index (χ0) is 12.3. The van der Waals surface area contributed by atoms with Gasteiger partial charge < -0.3 is 0 Å². The van der Waals surface area contributed by atoms with Crippen molar-refractivity contribution in [3.8, 4) is 0 Å². The first-order valence-electron chi connectivity index (χ1n) is 4.72. The molecule has 0 radical (unpaired) electrons. The lowest BCUT2D eigenvalue weighted by Crippen LogP contribution is -2.26. The van der Waals surface area contributed by atoms with Crippen molar-refractivity contribution < 1.29 is 13.3 Å². The van der Waals surface area contributed by atoms with Gasteiger partial charge in [0.05, 0.1) is 15.3 Å². The second kappa shape index (κ2) is 5.59. The van der Waals surface area contributed by atoms with Crippen LogP contribution >= 0.6 is 27.3 Å². The van der Waals surface area contributed by atoms with E-state index >= 15 is 0 Å². The van der Waals surface area contributed by atoms with E-state index in [4.69, 9.17) is 4.84 Å². The Bertz CT molecular complexity index is 453. The van der Waals surface area contributed by atoms with Crippen LogP contribution < -0.4 is 4.89 Å². The molecule has 0 spiro atoms. The molecule has 0 aliphatic rings. The van der Waals surface area contributed by atoms with E-state index in [-0.39, 0.29) is 10.8 Å². The van der Waals surface area contributed by atoms with Crippen molar-refractivity contribution in [3.05, 3.63) is 14.7 Å². The molecule has 16 heavy (non-hydrogen) atoms. The first-order valence-corrected chi connectivity index (χ1v) is 7.81. The van der Waals surface area contributed by atoms with Crippen LogP contribution in [0.3, 0.4) is 0 Å². The normalized spacial score (nSPS) is 12.3. The molecule has 0 atom stereocenters. The Morgan fingerprint density at radius 1 is 1.56 bits per heavy atom. The van der Waals surface area contributed by atoms with E-state index in [1.165, 1.54) is 11.3 Å². The highest BCUT2D eigenvalue weighted by Gasteiger charge is 2.19. The fourth-order valence-corrected chi connectivity index (χ4v) is 4.25. The summed E-state index contributed by atoms with van der Waals surface area (Å²) >= 11 is 4.63. The molecular weight excluding hydrogens is 314 g/mol. The molecule has 1 N–H and O–H groups in total.